The maximum absolute atomic E-state index is 11.8. The van der Waals surface area contributed by atoms with Crippen LogP contribution in [0.25, 0.3) is 0 Å². The SMILES string of the molecule is CC(C)(C)OC(=O)COC(=O)CCNC(=O)c1ccc([N+](=O)[O-])cc1. The second kappa shape index (κ2) is 8.76. The highest BCUT2D eigenvalue weighted by Gasteiger charge is 2.17. The lowest BCUT2D eigenvalue weighted by Crippen LogP contribution is -2.29. The smallest absolute Gasteiger partial charge is 0.344 e. The van der Waals surface area contributed by atoms with Crippen LogP contribution in [-0.4, -0.2) is 41.5 Å². The standard InChI is InChI=1S/C16H20N2O7/c1-16(2,3)25-14(20)10-24-13(19)8-9-17-15(21)11-4-6-12(7-5-11)18(22)23/h4-7H,8-10H2,1-3H3,(H,17,21). The molecular weight excluding hydrogens is 332 g/mol. The summed E-state index contributed by atoms with van der Waals surface area (Å²) in [5.41, 5.74) is -0.558. The van der Waals surface area contributed by atoms with Gasteiger partial charge in [0.1, 0.15) is 5.60 Å². The number of nitro groups is 1. The van der Waals surface area contributed by atoms with Gasteiger partial charge in [-0.1, -0.05) is 0 Å². The average Bonchev–Trinajstić information content (AvgIpc) is 2.51. The van der Waals surface area contributed by atoms with Crippen molar-refractivity contribution < 1.29 is 28.8 Å². The van der Waals surface area contributed by atoms with Crippen LogP contribution in [0.3, 0.4) is 0 Å². The number of amides is 1. The molecule has 1 aromatic carbocycles. The molecule has 0 spiro atoms. The summed E-state index contributed by atoms with van der Waals surface area (Å²) in [5.74, 6) is -1.79. The van der Waals surface area contributed by atoms with E-state index in [1.165, 1.54) is 24.3 Å². The number of carbonyl (C=O) groups excluding carboxylic acids is 3. The lowest BCUT2D eigenvalue weighted by molar-refractivity contribution is -0.384. The van der Waals surface area contributed by atoms with Crippen LogP contribution in [0.4, 0.5) is 5.69 Å². The number of nitrogens with one attached hydrogen (secondary N) is 1. The predicted molar refractivity (Wildman–Crippen MR) is 86.9 cm³/mol. The van der Waals surface area contributed by atoms with Crippen LogP contribution in [0.1, 0.15) is 37.6 Å². The summed E-state index contributed by atoms with van der Waals surface area (Å²) in [4.78, 5) is 44.7. The van der Waals surface area contributed by atoms with E-state index in [4.69, 9.17) is 9.47 Å². The molecule has 136 valence electrons. The molecule has 25 heavy (non-hydrogen) atoms. The van der Waals surface area contributed by atoms with Gasteiger partial charge in [0.2, 0.25) is 0 Å². The third-order valence-corrected chi connectivity index (χ3v) is 2.73. The molecule has 0 atom stereocenters. The molecule has 0 radical (unpaired) electrons. The largest absolute Gasteiger partial charge is 0.457 e. The first-order valence-electron chi connectivity index (χ1n) is 7.48. The molecule has 0 aliphatic heterocycles. The fourth-order valence-electron chi connectivity index (χ4n) is 1.70. The summed E-state index contributed by atoms with van der Waals surface area (Å²) in [7, 11) is 0. The van der Waals surface area contributed by atoms with Crippen molar-refractivity contribution in [1.29, 1.82) is 0 Å². The molecule has 0 heterocycles. The maximum Gasteiger partial charge on any atom is 0.344 e. The summed E-state index contributed by atoms with van der Waals surface area (Å²) in [6.45, 7) is 4.59. The number of nitro benzene ring substituents is 1. The zero-order valence-electron chi connectivity index (χ0n) is 14.2. The Morgan fingerprint density at radius 3 is 2.24 bits per heavy atom. The summed E-state index contributed by atoms with van der Waals surface area (Å²) in [5, 5.41) is 13.0. The molecule has 1 rings (SSSR count). The molecule has 9 nitrogen and oxygen atoms in total. The van der Waals surface area contributed by atoms with Gasteiger partial charge < -0.3 is 14.8 Å². The first-order valence-corrected chi connectivity index (χ1v) is 7.48. The van der Waals surface area contributed by atoms with Gasteiger partial charge in [0, 0.05) is 24.2 Å². The summed E-state index contributed by atoms with van der Waals surface area (Å²) in [6.07, 6.45) is -0.123. The van der Waals surface area contributed by atoms with Gasteiger partial charge in [-0.05, 0) is 32.9 Å². The number of benzene rings is 1. The van der Waals surface area contributed by atoms with Crippen molar-refractivity contribution in [2.75, 3.05) is 13.2 Å². The molecule has 0 saturated heterocycles. The van der Waals surface area contributed by atoms with Crippen molar-refractivity contribution in [3.05, 3.63) is 39.9 Å². The Hall–Kier alpha value is -2.97. The second-order valence-electron chi connectivity index (χ2n) is 6.06. The van der Waals surface area contributed by atoms with E-state index in [1.54, 1.807) is 20.8 Å². The van der Waals surface area contributed by atoms with Gasteiger partial charge in [-0.15, -0.1) is 0 Å². The first kappa shape index (κ1) is 20.1. The van der Waals surface area contributed by atoms with Crippen LogP contribution in [0.15, 0.2) is 24.3 Å². The molecule has 1 amide bonds. The minimum Gasteiger partial charge on any atom is -0.457 e. The number of carbonyl (C=O) groups is 3. The van der Waals surface area contributed by atoms with E-state index in [1.807, 2.05) is 0 Å². The summed E-state index contributed by atoms with van der Waals surface area (Å²) < 4.78 is 9.72. The average molecular weight is 352 g/mol. The van der Waals surface area contributed by atoms with Gasteiger partial charge in [-0.3, -0.25) is 19.7 Å². The molecule has 0 bridgehead atoms. The Labute approximate surface area is 144 Å². The van der Waals surface area contributed by atoms with Gasteiger partial charge in [0.25, 0.3) is 11.6 Å². The fourth-order valence-corrected chi connectivity index (χ4v) is 1.70. The second-order valence-corrected chi connectivity index (χ2v) is 6.06. The Kier molecular flexibility index (Phi) is 7.04. The van der Waals surface area contributed by atoms with E-state index >= 15 is 0 Å². The number of nitrogens with zero attached hydrogens (tertiary/aromatic N) is 1. The van der Waals surface area contributed by atoms with Gasteiger partial charge in [-0.25, -0.2) is 4.79 Å². The number of rotatable bonds is 7. The van der Waals surface area contributed by atoms with E-state index in [2.05, 4.69) is 5.32 Å². The molecule has 0 saturated carbocycles. The van der Waals surface area contributed by atoms with Crippen molar-refractivity contribution in [2.24, 2.45) is 0 Å². The predicted octanol–water partition coefficient (Wildman–Crippen LogP) is 1.60. The third-order valence-electron chi connectivity index (χ3n) is 2.73. The third kappa shape index (κ3) is 7.91. The van der Waals surface area contributed by atoms with Gasteiger partial charge in [0.15, 0.2) is 6.61 Å². The highest BCUT2D eigenvalue weighted by molar-refractivity contribution is 5.94. The van der Waals surface area contributed by atoms with Crippen LogP contribution in [0, 0.1) is 10.1 Å². The molecule has 0 fully saturated rings. The minimum atomic E-state index is -0.664. The Balaban J connectivity index is 2.31. The van der Waals surface area contributed by atoms with E-state index in [9.17, 15) is 24.5 Å². The zero-order valence-corrected chi connectivity index (χ0v) is 14.2. The molecule has 0 aliphatic rings. The summed E-state index contributed by atoms with van der Waals surface area (Å²) >= 11 is 0. The number of hydrogen-bond donors (Lipinski definition) is 1. The molecule has 0 aromatic heterocycles. The van der Waals surface area contributed by atoms with Gasteiger partial charge in [0.05, 0.1) is 11.3 Å². The van der Waals surface area contributed by atoms with E-state index in [0.717, 1.165) is 0 Å². The van der Waals surface area contributed by atoms with Crippen molar-refractivity contribution in [1.82, 2.24) is 5.32 Å². The van der Waals surface area contributed by atoms with Crippen molar-refractivity contribution >= 4 is 23.5 Å². The van der Waals surface area contributed by atoms with Crippen molar-refractivity contribution in [3.63, 3.8) is 0 Å². The van der Waals surface area contributed by atoms with Crippen LogP contribution in [0.2, 0.25) is 0 Å². The Bertz CT molecular complexity index is 647. The van der Waals surface area contributed by atoms with Gasteiger partial charge >= 0.3 is 11.9 Å². The highest BCUT2D eigenvalue weighted by Crippen LogP contribution is 2.11. The molecule has 0 unspecified atom stereocenters. The lowest BCUT2D eigenvalue weighted by atomic mass is 10.2. The van der Waals surface area contributed by atoms with Gasteiger partial charge in [-0.2, -0.15) is 0 Å². The Morgan fingerprint density at radius 2 is 1.72 bits per heavy atom. The normalized spacial score (nSPS) is 10.7. The molecule has 1 N–H and O–H groups in total. The van der Waals surface area contributed by atoms with Crippen LogP contribution >= 0.6 is 0 Å². The quantitative estimate of drug-likeness (QED) is 0.449. The molecule has 9 heteroatoms. The number of non-ortho nitro benzene ring substituents is 1. The highest BCUT2D eigenvalue weighted by atomic mass is 16.6. The van der Waals surface area contributed by atoms with Crippen LogP contribution in [0.5, 0.6) is 0 Å². The molecular formula is C16H20N2O7. The fraction of sp³-hybridized carbons (Fsp3) is 0.438. The summed E-state index contributed by atoms with van der Waals surface area (Å²) in [6, 6.07) is 5.05. The number of hydrogen-bond acceptors (Lipinski definition) is 7. The van der Waals surface area contributed by atoms with Crippen molar-refractivity contribution in [3.8, 4) is 0 Å². The van der Waals surface area contributed by atoms with Crippen LogP contribution in [-0.2, 0) is 19.1 Å². The van der Waals surface area contributed by atoms with Crippen molar-refractivity contribution in [2.45, 2.75) is 32.8 Å². The number of ether oxygens (including phenoxy) is 2. The monoisotopic (exact) mass is 352 g/mol. The maximum atomic E-state index is 11.8. The van der Waals surface area contributed by atoms with E-state index < -0.39 is 35.0 Å². The lowest BCUT2D eigenvalue weighted by Gasteiger charge is -2.19. The first-order chi connectivity index (χ1) is 11.6. The zero-order chi connectivity index (χ0) is 19.0. The molecule has 1 aromatic rings. The molecule has 0 aliphatic carbocycles. The minimum absolute atomic E-state index is 0.00295. The van der Waals surface area contributed by atoms with E-state index in [0.29, 0.717) is 0 Å². The number of esters is 2. The topological polar surface area (TPSA) is 125 Å². The Morgan fingerprint density at radius 1 is 1.12 bits per heavy atom. The van der Waals surface area contributed by atoms with Crippen LogP contribution < -0.4 is 5.32 Å². The van der Waals surface area contributed by atoms with E-state index in [-0.39, 0.29) is 24.2 Å².